The predicted octanol–water partition coefficient (Wildman–Crippen LogP) is 0.989. The number of hydrogen-bond acceptors (Lipinski definition) is 3. The van der Waals surface area contributed by atoms with Gasteiger partial charge in [-0.2, -0.15) is 0 Å². The summed E-state index contributed by atoms with van der Waals surface area (Å²) in [5, 5.41) is -0.220. The second-order valence-electron chi connectivity index (χ2n) is 3.28. The molecule has 1 rings (SSSR count). The molecule has 72 valence electrons. The van der Waals surface area contributed by atoms with Crippen molar-refractivity contribution in [1.29, 1.82) is 0 Å². The molecule has 0 aromatic heterocycles. The first-order valence-electron chi connectivity index (χ1n) is 4.39. The quantitative estimate of drug-likeness (QED) is 0.655. The van der Waals surface area contributed by atoms with E-state index in [1.807, 2.05) is 6.92 Å². The Bertz CT molecular complexity index is 233. The molecule has 0 radical (unpaired) electrons. The lowest BCUT2D eigenvalue weighted by molar-refractivity contribution is 0.0517. The number of hydrogen-bond donors (Lipinski definition) is 0. The van der Waals surface area contributed by atoms with Crippen molar-refractivity contribution in [3.63, 3.8) is 0 Å². The molecule has 0 aromatic carbocycles. The SMILES string of the molecule is CCOC1CCS(=O)(=O)C(C)C1. The fourth-order valence-corrected chi connectivity index (χ4v) is 3.02. The van der Waals surface area contributed by atoms with E-state index in [-0.39, 0.29) is 11.4 Å². The van der Waals surface area contributed by atoms with Crippen molar-refractivity contribution in [2.75, 3.05) is 12.4 Å². The van der Waals surface area contributed by atoms with Crippen LogP contribution in [0.3, 0.4) is 0 Å². The summed E-state index contributed by atoms with van der Waals surface area (Å²) in [6.45, 7) is 4.38. The lowest BCUT2D eigenvalue weighted by Gasteiger charge is -2.26. The fourth-order valence-electron chi connectivity index (χ4n) is 1.52. The molecule has 1 aliphatic heterocycles. The third kappa shape index (κ3) is 2.20. The van der Waals surface area contributed by atoms with Gasteiger partial charge in [0, 0.05) is 6.61 Å². The van der Waals surface area contributed by atoms with Crippen LogP contribution in [0.1, 0.15) is 26.7 Å². The van der Waals surface area contributed by atoms with E-state index in [2.05, 4.69) is 0 Å². The zero-order valence-corrected chi connectivity index (χ0v) is 8.43. The van der Waals surface area contributed by atoms with Crippen molar-refractivity contribution in [3.05, 3.63) is 0 Å². The molecule has 1 aliphatic rings. The maximum absolute atomic E-state index is 11.3. The zero-order valence-electron chi connectivity index (χ0n) is 7.62. The van der Waals surface area contributed by atoms with E-state index in [9.17, 15) is 8.42 Å². The van der Waals surface area contributed by atoms with Crippen LogP contribution < -0.4 is 0 Å². The Morgan fingerprint density at radius 2 is 2.17 bits per heavy atom. The van der Waals surface area contributed by atoms with E-state index in [4.69, 9.17) is 4.74 Å². The molecule has 4 heteroatoms. The molecular formula is C8H16O3S. The minimum absolute atomic E-state index is 0.161. The zero-order chi connectivity index (χ0) is 9.19. The Morgan fingerprint density at radius 1 is 1.50 bits per heavy atom. The van der Waals surface area contributed by atoms with Crippen LogP contribution in [0.15, 0.2) is 0 Å². The van der Waals surface area contributed by atoms with Crippen molar-refractivity contribution in [2.45, 2.75) is 38.0 Å². The maximum atomic E-state index is 11.3. The van der Waals surface area contributed by atoms with E-state index >= 15 is 0 Å². The summed E-state index contributed by atoms with van der Waals surface area (Å²) in [5.74, 6) is 0.291. The highest BCUT2D eigenvalue weighted by atomic mass is 32.2. The molecule has 1 heterocycles. The summed E-state index contributed by atoms with van der Waals surface area (Å²) in [6.07, 6.45) is 1.49. The predicted molar refractivity (Wildman–Crippen MR) is 47.9 cm³/mol. The summed E-state index contributed by atoms with van der Waals surface area (Å²) < 4.78 is 27.9. The molecule has 1 saturated heterocycles. The first-order valence-corrected chi connectivity index (χ1v) is 6.11. The van der Waals surface area contributed by atoms with Crippen LogP contribution in [0.25, 0.3) is 0 Å². The molecule has 2 atom stereocenters. The van der Waals surface area contributed by atoms with Crippen LogP contribution in [0, 0.1) is 0 Å². The van der Waals surface area contributed by atoms with Crippen molar-refractivity contribution >= 4 is 9.84 Å². The van der Waals surface area contributed by atoms with Crippen LogP contribution in [-0.2, 0) is 14.6 Å². The lowest BCUT2D eigenvalue weighted by Crippen LogP contribution is -2.34. The average Bonchev–Trinajstić information content (AvgIpc) is 1.98. The second-order valence-corrected chi connectivity index (χ2v) is 5.82. The van der Waals surface area contributed by atoms with Gasteiger partial charge in [-0.25, -0.2) is 8.42 Å². The molecule has 0 aliphatic carbocycles. The Kier molecular flexibility index (Phi) is 3.12. The van der Waals surface area contributed by atoms with Gasteiger partial charge in [-0.3, -0.25) is 0 Å². The van der Waals surface area contributed by atoms with Gasteiger partial charge in [-0.1, -0.05) is 0 Å². The smallest absolute Gasteiger partial charge is 0.153 e. The normalized spacial score (nSPS) is 34.8. The molecule has 1 fully saturated rings. The lowest BCUT2D eigenvalue weighted by atomic mass is 10.1. The highest BCUT2D eigenvalue weighted by Gasteiger charge is 2.30. The molecule has 0 saturated carbocycles. The molecule has 12 heavy (non-hydrogen) atoms. The molecular weight excluding hydrogens is 176 g/mol. The van der Waals surface area contributed by atoms with E-state index in [1.165, 1.54) is 0 Å². The number of ether oxygens (including phenoxy) is 1. The third-order valence-electron chi connectivity index (χ3n) is 2.33. The highest BCUT2D eigenvalue weighted by Crippen LogP contribution is 2.21. The van der Waals surface area contributed by atoms with Crippen LogP contribution in [0.5, 0.6) is 0 Å². The average molecular weight is 192 g/mol. The topological polar surface area (TPSA) is 43.4 Å². The van der Waals surface area contributed by atoms with Gasteiger partial charge in [-0.05, 0) is 26.7 Å². The van der Waals surface area contributed by atoms with Gasteiger partial charge in [0.25, 0.3) is 0 Å². The van der Waals surface area contributed by atoms with E-state index in [1.54, 1.807) is 6.92 Å². The maximum Gasteiger partial charge on any atom is 0.153 e. The Balaban J connectivity index is 2.52. The van der Waals surface area contributed by atoms with Gasteiger partial charge in [0.2, 0.25) is 0 Å². The Labute approximate surface area is 74.0 Å². The van der Waals surface area contributed by atoms with Crippen molar-refractivity contribution in [1.82, 2.24) is 0 Å². The number of sulfone groups is 1. The summed E-state index contributed by atoms with van der Waals surface area (Å²) in [5.41, 5.74) is 0. The second kappa shape index (κ2) is 3.75. The molecule has 3 nitrogen and oxygen atoms in total. The molecule has 0 aromatic rings. The monoisotopic (exact) mass is 192 g/mol. The minimum Gasteiger partial charge on any atom is -0.378 e. The van der Waals surface area contributed by atoms with Crippen LogP contribution in [0.4, 0.5) is 0 Å². The Hall–Kier alpha value is -0.0900. The summed E-state index contributed by atoms with van der Waals surface area (Å²) in [7, 11) is -2.79. The summed E-state index contributed by atoms with van der Waals surface area (Å²) in [4.78, 5) is 0. The van der Waals surface area contributed by atoms with Crippen molar-refractivity contribution in [3.8, 4) is 0 Å². The van der Waals surface area contributed by atoms with Gasteiger partial charge in [0.1, 0.15) is 0 Å². The largest absolute Gasteiger partial charge is 0.378 e. The van der Waals surface area contributed by atoms with E-state index in [0.717, 1.165) is 0 Å². The first-order chi connectivity index (χ1) is 5.56. The standard InChI is InChI=1S/C8H16O3S/c1-3-11-8-4-5-12(9,10)7(2)6-8/h7-8H,3-6H2,1-2H3. The molecule has 0 spiro atoms. The van der Waals surface area contributed by atoms with Gasteiger partial charge >= 0.3 is 0 Å². The summed E-state index contributed by atoms with van der Waals surface area (Å²) in [6, 6.07) is 0. The first kappa shape index (κ1) is 9.99. The van der Waals surface area contributed by atoms with Gasteiger partial charge < -0.3 is 4.74 Å². The molecule has 0 N–H and O–H groups in total. The molecule has 0 amide bonds. The van der Waals surface area contributed by atoms with Crippen LogP contribution in [-0.4, -0.2) is 32.1 Å². The number of rotatable bonds is 2. The summed E-state index contributed by atoms with van der Waals surface area (Å²) >= 11 is 0. The molecule has 2 unspecified atom stereocenters. The third-order valence-corrected chi connectivity index (χ3v) is 4.56. The van der Waals surface area contributed by atoms with Crippen molar-refractivity contribution in [2.24, 2.45) is 0 Å². The molecule has 0 bridgehead atoms. The van der Waals surface area contributed by atoms with E-state index in [0.29, 0.717) is 25.2 Å². The fraction of sp³-hybridized carbons (Fsp3) is 1.00. The van der Waals surface area contributed by atoms with Crippen LogP contribution in [0.2, 0.25) is 0 Å². The van der Waals surface area contributed by atoms with Gasteiger partial charge in [0.05, 0.1) is 17.1 Å². The van der Waals surface area contributed by atoms with Crippen molar-refractivity contribution < 1.29 is 13.2 Å². The minimum atomic E-state index is -2.79. The van der Waals surface area contributed by atoms with E-state index < -0.39 is 9.84 Å². The van der Waals surface area contributed by atoms with Gasteiger partial charge in [0.15, 0.2) is 9.84 Å². The Morgan fingerprint density at radius 3 is 2.67 bits per heavy atom. The van der Waals surface area contributed by atoms with Crippen LogP contribution >= 0.6 is 0 Å². The highest BCUT2D eigenvalue weighted by molar-refractivity contribution is 7.92. The van der Waals surface area contributed by atoms with Gasteiger partial charge in [-0.15, -0.1) is 0 Å².